The lowest BCUT2D eigenvalue weighted by Gasteiger charge is -2.37. The molecule has 1 aliphatic heterocycles. The predicted octanol–water partition coefficient (Wildman–Crippen LogP) is 3.77. The van der Waals surface area contributed by atoms with E-state index in [1.165, 1.54) is 28.9 Å². The van der Waals surface area contributed by atoms with Crippen LogP contribution in [0.15, 0.2) is 47.0 Å². The van der Waals surface area contributed by atoms with Gasteiger partial charge in [-0.25, -0.2) is 4.39 Å². The van der Waals surface area contributed by atoms with Crippen LogP contribution in [0.2, 0.25) is 0 Å². The van der Waals surface area contributed by atoms with Crippen molar-refractivity contribution in [3.63, 3.8) is 0 Å². The molecule has 1 saturated heterocycles. The summed E-state index contributed by atoms with van der Waals surface area (Å²) in [5.41, 5.74) is 4.31. The molecular weight excluding hydrogens is 383 g/mol. The molecule has 1 aromatic heterocycles. The third-order valence-electron chi connectivity index (χ3n) is 5.43. The predicted molar refractivity (Wildman–Crippen MR) is 113 cm³/mol. The summed E-state index contributed by atoms with van der Waals surface area (Å²) in [6, 6.07) is 12.5. The van der Waals surface area contributed by atoms with Crippen LogP contribution in [0.1, 0.15) is 23.4 Å². The molecular formula is C23H25FN4O2. The van der Waals surface area contributed by atoms with Crippen LogP contribution in [0.3, 0.4) is 0 Å². The number of benzene rings is 2. The first-order valence-corrected chi connectivity index (χ1v) is 10.2. The summed E-state index contributed by atoms with van der Waals surface area (Å²) in [5.74, 6) is 0.449. The summed E-state index contributed by atoms with van der Waals surface area (Å²) in [4.78, 5) is 21.1. The second-order valence-electron chi connectivity index (χ2n) is 7.68. The normalized spacial score (nSPS) is 14.2. The number of anilines is 1. The highest BCUT2D eigenvalue weighted by Crippen LogP contribution is 2.23. The van der Waals surface area contributed by atoms with Crippen molar-refractivity contribution in [3.05, 3.63) is 65.3 Å². The van der Waals surface area contributed by atoms with Crippen molar-refractivity contribution >= 4 is 11.6 Å². The van der Waals surface area contributed by atoms with Gasteiger partial charge in [-0.15, -0.1) is 0 Å². The number of hydrogen-bond donors (Lipinski definition) is 0. The molecule has 0 spiro atoms. The highest BCUT2D eigenvalue weighted by atomic mass is 19.1. The maximum absolute atomic E-state index is 13.4. The molecule has 0 saturated carbocycles. The number of hydrogen-bond acceptors (Lipinski definition) is 5. The molecule has 4 rings (SSSR count). The van der Waals surface area contributed by atoms with Crippen LogP contribution in [0, 0.1) is 19.7 Å². The van der Waals surface area contributed by atoms with Crippen LogP contribution in [0.4, 0.5) is 10.1 Å². The number of halogens is 1. The molecule has 0 atom stereocenters. The van der Waals surface area contributed by atoms with Crippen molar-refractivity contribution in [2.24, 2.45) is 0 Å². The lowest BCUT2D eigenvalue weighted by atomic mass is 10.1. The lowest BCUT2D eigenvalue weighted by molar-refractivity contribution is -0.131. The molecule has 2 aromatic carbocycles. The fraction of sp³-hybridized carbons (Fsp3) is 0.348. The molecule has 1 amide bonds. The van der Waals surface area contributed by atoms with Gasteiger partial charge in [-0.1, -0.05) is 35.0 Å². The van der Waals surface area contributed by atoms with E-state index in [9.17, 15) is 9.18 Å². The maximum atomic E-state index is 13.4. The maximum Gasteiger partial charge on any atom is 0.227 e. The molecule has 6 nitrogen and oxygen atoms in total. The molecule has 7 heteroatoms. The van der Waals surface area contributed by atoms with Crippen molar-refractivity contribution < 1.29 is 13.7 Å². The topological polar surface area (TPSA) is 62.5 Å². The number of piperazine rings is 1. The SMILES string of the molecule is Cc1ccc(N2CCN(C(=O)CCc3nc(-c4cccc(F)c4)no3)CC2)c(C)c1. The van der Waals surface area contributed by atoms with Gasteiger partial charge in [0.05, 0.1) is 0 Å². The Morgan fingerprint density at radius 3 is 2.63 bits per heavy atom. The van der Waals surface area contributed by atoms with Gasteiger partial charge in [0, 0.05) is 50.3 Å². The molecule has 30 heavy (non-hydrogen) atoms. The van der Waals surface area contributed by atoms with Gasteiger partial charge >= 0.3 is 0 Å². The first-order valence-electron chi connectivity index (χ1n) is 10.2. The van der Waals surface area contributed by atoms with Crippen LogP contribution in [-0.4, -0.2) is 47.1 Å². The quantitative estimate of drug-likeness (QED) is 0.643. The zero-order valence-corrected chi connectivity index (χ0v) is 17.3. The van der Waals surface area contributed by atoms with Crippen LogP contribution in [-0.2, 0) is 11.2 Å². The molecule has 0 unspecified atom stereocenters. The average Bonchev–Trinajstić information content (AvgIpc) is 3.21. The minimum absolute atomic E-state index is 0.0841. The third-order valence-corrected chi connectivity index (χ3v) is 5.43. The van der Waals surface area contributed by atoms with Crippen molar-refractivity contribution in [2.45, 2.75) is 26.7 Å². The van der Waals surface area contributed by atoms with Gasteiger partial charge in [-0.3, -0.25) is 4.79 Å². The molecule has 0 aliphatic carbocycles. The Balaban J connectivity index is 1.29. The minimum Gasteiger partial charge on any atom is -0.368 e. The van der Waals surface area contributed by atoms with Crippen molar-refractivity contribution in [1.29, 1.82) is 0 Å². The molecule has 1 fully saturated rings. The standard InChI is InChI=1S/C23H25FN4O2/c1-16-6-7-20(17(2)14-16)27-10-12-28(13-11-27)22(29)9-8-21-25-23(26-30-21)18-4-3-5-19(24)15-18/h3-7,14-15H,8-13H2,1-2H3. The van der Waals surface area contributed by atoms with Gasteiger partial charge in [0.25, 0.3) is 0 Å². The zero-order chi connectivity index (χ0) is 21.1. The molecule has 156 valence electrons. The van der Waals surface area contributed by atoms with Crippen LogP contribution in [0.5, 0.6) is 0 Å². The number of carbonyl (C=O) groups excluding carboxylic acids is 1. The van der Waals surface area contributed by atoms with Gasteiger partial charge in [0.2, 0.25) is 17.6 Å². The summed E-state index contributed by atoms with van der Waals surface area (Å²) in [6.45, 7) is 7.26. The monoisotopic (exact) mass is 408 g/mol. The summed E-state index contributed by atoms with van der Waals surface area (Å²) in [7, 11) is 0. The van der Waals surface area contributed by atoms with Crippen molar-refractivity contribution in [1.82, 2.24) is 15.0 Å². The van der Waals surface area contributed by atoms with E-state index in [4.69, 9.17) is 4.52 Å². The summed E-state index contributed by atoms with van der Waals surface area (Å²) < 4.78 is 18.6. The smallest absolute Gasteiger partial charge is 0.227 e. The number of aromatic nitrogens is 2. The van der Waals surface area contributed by atoms with E-state index in [2.05, 4.69) is 47.1 Å². The number of carbonyl (C=O) groups is 1. The van der Waals surface area contributed by atoms with E-state index < -0.39 is 0 Å². The molecule has 2 heterocycles. The van der Waals surface area contributed by atoms with E-state index in [0.717, 1.165) is 13.1 Å². The Morgan fingerprint density at radius 2 is 1.90 bits per heavy atom. The van der Waals surface area contributed by atoms with E-state index in [1.54, 1.807) is 12.1 Å². The van der Waals surface area contributed by atoms with E-state index in [0.29, 0.717) is 43.2 Å². The molecule has 0 bridgehead atoms. The first-order chi connectivity index (χ1) is 14.5. The molecule has 0 radical (unpaired) electrons. The number of aryl methyl sites for hydroxylation is 3. The number of rotatable bonds is 5. The number of nitrogens with zero attached hydrogens (tertiary/aromatic N) is 4. The average molecular weight is 408 g/mol. The van der Waals surface area contributed by atoms with Gasteiger partial charge in [0.1, 0.15) is 5.82 Å². The summed E-state index contributed by atoms with van der Waals surface area (Å²) >= 11 is 0. The van der Waals surface area contributed by atoms with Crippen molar-refractivity contribution in [2.75, 3.05) is 31.1 Å². The third kappa shape index (κ3) is 4.50. The van der Waals surface area contributed by atoms with Crippen molar-refractivity contribution in [3.8, 4) is 11.4 Å². The summed E-state index contributed by atoms with van der Waals surface area (Å²) in [6.07, 6.45) is 0.687. The van der Waals surface area contributed by atoms with Gasteiger partial charge in [-0.2, -0.15) is 4.98 Å². The first kappa shape index (κ1) is 20.1. The fourth-order valence-electron chi connectivity index (χ4n) is 3.83. The highest BCUT2D eigenvalue weighted by molar-refractivity contribution is 5.76. The van der Waals surface area contributed by atoms with E-state index in [-0.39, 0.29) is 11.7 Å². The Hall–Kier alpha value is -3.22. The van der Waals surface area contributed by atoms with Gasteiger partial charge in [-0.05, 0) is 37.6 Å². The fourth-order valence-corrected chi connectivity index (χ4v) is 3.83. The van der Waals surface area contributed by atoms with Crippen LogP contribution >= 0.6 is 0 Å². The largest absolute Gasteiger partial charge is 0.368 e. The second kappa shape index (κ2) is 8.65. The van der Waals surface area contributed by atoms with E-state index in [1.807, 2.05) is 4.90 Å². The van der Waals surface area contributed by atoms with Gasteiger partial charge in [0.15, 0.2) is 0 Å². The Morgan fingerprint density at radius 1 is 1.10 bits per heavy atom. The Labute approximate surface area is 175 Å². The molecule has 1 aliphatic rings. The summed E-state index contributed by atoms with van der Waals surface area (Å²) in [5, 5.41) is 3.89. The number of amides is 1. The Bertz CT molecular complexity index is 1040. The second-order valence-corrected chi connectivity index (χ2v) is 7.68. The molecule has 3 aromatic rings. The van der Waals surface area contributed by atoms with Gasteiger partial charge < -0.3 is 14.3 Å². The lowest BCUT2D eigenvalue weighted by Crippen LogP contribution is -2.49. The van der Waals surface area contributed by atoms with Crippen LogP contribution in [0.25, 0.3) is 11.4 Å². The zero-order valence-electron chi connectivity index (χ0n) is 17.3. The minimum atomic E-state index is -0.353. The van der Waals surface area contributed by atoms with E-state index >= 15 is 0 Å². The Kier molecular flexibility index (Phi) is 5.79. The van der Waals surface area contributed by atoms with Crippen LogP contribution < -0.4 is 4.90 Å². The highest BCUT2D eigenvalue weighted by Gasteiger charge is 2.22. The molecule has 0 N–H and O–H groups in total.